The number of hydrogen-bond donors (Lipinski definition) is 0. The van der Waals surface area contributed by atoms with Gasteiger partial charge in [-0.25, -0.2) is 4.98 Å². The van der Waals surface area contributed by atoms with E-state index in [0.717, 1.165) is 22.3 Å². The predicted octanol–water partition coefficient (Wildman–Crippen LogP) is 3.73. The summed E-state index contributed by atoms with van der Waals surface area (Å²) in [7, 11) is 1.94. The molecule has 0 bridgehead atoms. The lowest BCUT2D eigenvalue weighted by atomic mass is 9.94. The largest absolute Gasteiger partial charge is 0.342 e. The Morgan fingerprint density at radius 2 is 2.16 bits per heavy atom. The van der Waals surface area contributed by atoms with Crippen LogP contribution in [0.1, 0.15) is 32.1 Å². The van der Waals surface area contributed by atoms with Gasteiger partial charge in [0.05, 0.1) is 10.8 Å². The molecule has 2 rings (SSSR count). The van der Waals surface area contributed by atoms with Gasteiger partial charge in [0, 0.05) is 23.8 Å². The first-order chi connectivity index (χ1) is 9.16. The lowest BCUT2D eigenvalue weighted by Gasteiger charge is -2.31. The molecule has 1 heterocycles. The fourth-order valence-electron chi connectivity index (χ4n) is 2.36. The quantitative estimate of drug-likeness (QED) is 0.781. The van der Waals surface area contributed by atoms with Crippen molar-refractivity contribution in [2.75, 3.05) is 12.8 Å². The number of amides is 1. The van der Waals surface area contributed by atoms with Crippen LogP contribution >= 0.6 is 27.7 Å². The summed E-state index contributed by atoms with van der Waals surface area (Å²) < 4.78 is 0.961. The fourth-order valence-corrected chi connectivity index (χ4v) is 3.36. The summed E-state index contributed by atoms with van der Waals surface area (Å²) >= 11 is 4.86. The Balaban J connectivity index is 1.81. The standard InChI is InChI=1S/C14H19BrN2OS/c1-17(12-5-3-2-4-6-12)14(18)10-19-13-8-7-11(15)9-16-13/h7-9,12H,2-6,10H2,1H3. The third-order valence-electron chi connectivity index (χ3n) is 3.56. The second-order valence-corrected chi connectivity index (χ2v) is 6.81. The summed E-state index contributed by atoms with van der Waals surface area (Å²) in [5.74, 6) is 0.684. The molecule has 5 heteroatoms. The topological polar surface area (TPSA) is 33.2 Å². The highest BCUT2D eigenvalue weighted by atomic mass is 79.9. The van der Waals surface area contributed by atoms with E-state index in [0.29, 0.717) is 11.8 Å². The number of carbonyl (C=O) groups is 1. The number of nitrogens with zero attached hydrogens (tertiary/aromatic N) is 2. The molecule has 1 saturated carbocycles. The van der Waals surface area contributed by atoms with Gasteiger partial charge in [-0.2, -0.15) is 0 Å². The summed E-state index contributed by atoms with van der Waals surface area (Å²) in [6, 6.07) is 4.33. The van der Waals surface area contributed by atoms with Gasteiger partial charge in [0.1, 0.15) is 0 Å². The van der Waals surface area contributed by atoms with E-state index in [9.17, 15) is 4.79 Å². The number of carbonyl (C=O) groups excluding carboxylic acids is 1. The summed E-state index contributed by atoms with van der Waals surface area (Å²) in [5.41, 5.74) is 0. The van der Waals surface area contributed by atoms with Gasteiger partial charge in [-0.05, 0) is 40.9 Å². The third kappa shape index (κ3) is 4.49. The molecule has 0 atom stereocenters. The number of pyridine rings is 1. The van der Waals surface area contributed by atoms with Crippen LogP contribution in [0.5, 0.6) is 0 Å². The smallest absolute Gasteiger partial charge is 0.232 e. The minimum absolute atomic E-state index is 0.210. The second kappa shape index (κ2) is 7.29. The molecule has 0 spiro atoms. The van der Waals surface area contributed by atoms with Crippen LogP contribution in [-0.4, -0.2) is 34.6 Å². The monoisotopic (exact) mass is 342 g/mol. The Bertz CT molecular complexity index is 418. The number of aromatic nitrogens is 1. The van der Waals surface area contributed by atoms with Crippen molar-refractivity contribution in [3.05, 3.63) is 22.8 Å². The van der Waals surface area contributed by atoms with Gasteiger partial charge in [0.15, 0.2) is 0 Å². The molecule has 3 nitrogen and oxygen atoms in total. The zero-order valence-electron chi connectivity index (χ0n) is 11.1. The molecule has 0 radical (unpaired) electrons. The van der Waals surface area contributed by atoms with Crippen LogP contribution in [0.2, 0.25) is 0 Å². The zero-order chi connectivity index (χ0) is 13.7. The highest BCUT2D eigenvalue weighted by Crippen LogP contribution is 2.23. The van der Waals surface area contributed by atoms with E-state index in [1.165, 1.54) is 31.0 Å². The fraction of sp³-hybridized carbons (Fsp3) is 0.571. The Labute approximate surface area is 127 Å². The molecule has 0 unspecified atom stereocenters. The average molecular weight is 343 g/mol. The summed E-state index contributed by atoms with van der Waals surface area (Å²) in [6.45, 7) is 0. The summed E-state index contributed by atoms with van der Waals surface area (Å²) in [6.07, 6.45) is 7.90. The van der Waals surface area contributed by atoms with Crippen LogP contribution in [0.3, 0.4) is 0 Å². The molecule has 104 valence electrons. The van der Waals surface area contributed by atoms with Crippen LogP contribution in [0.15, 0.2) is 27.8 Å². The lowest BCUT2D eigenvalue weighted by Crippen LogP contribution is -2.39. The normalized spacial score (nSPS) is 16.3. The van der Waals surface area contributed by atoms with E-state index in [-0.39, 0.29) is 5.91 Å². The van der Waals surface area contributed by atoms with Gasteiger partial charge in [0.25, 0.3) is 0 Å². The van der Waals surface area contributed by atoms with Gasteiger partial charge >= 0.3 is 0 Å². The third-order valence-corrected chi connectivity index (χ3v) is 4.96. The number of thioether (sulfide) groups is 1. The molecule has 1 aromatic rings. The highest BCUT2D eigenvalue weighted by Gasteiger charge is 2.21. The molecule has 1 aliphatic carbocycles. The first kappa shape index (κ1) is 14.9. The van der Waals surface area contributed by atoms with Crippen molar-refractivity contribution in [1.29, 1.82) is 0 Å². The zero-order valence-corrected chi connectivity index (χ0v) is 13.5. The van der Waals surface area contributed by atoms with Crippen molar-refractivity contribution in [2.45, 2.75) is 43.2 Å². The first-order valence-electron chi connectivity index (χ1n) is 6.67. The van der Waals surface area contributed by atoms with Crippen LogP contribution in [-0.2, 0) is 4.79 Å². The Kier molecular flexibility index (Phi) is 5.70. The lowest BCUT2D eigenvalue weighted by molar-refractivity contribution is -0.129. The molecule has 0 aromatic carbocycles. The van der Waals surface area contributed by atoms with Crippen LogP contribution in [0, 0.1) is 0 Å². The van der Waals surface area contributed by atoms with E-state index in [1.807, 2.05) is 24.1 Å². The van der Waals surface area contributed by atoms with Gasteiger partial charge in [-0.15, -0.1) is 0 Å². The average Bonchev–Trinajstić information content (AvgIpc) is 2.46. The van der Waals surface area contributed by atoms with Gasteiger partial charge in [-0.1, -0.05) is 31.0 Å². The molecule has 0 N–H and O–H groups in total. The molecular weight excluding hydrogens is 324 g/mol. The van der Waals surface area contributed by atoms with Crippen molar-refractivity contribution in [3.63, 3.8) is 0 Å². The van der Waals surface area contributed by atoms with Crippen molar-refractivity contribution < 1.29 is 4.79 Å². The first-order valence-corrected chi connectivity index (χ1v) is 8.44. The Hall–Kier alpha value is -0.550. The maximum Gasteiger partial charge on any atom is 0.232 e. The molecule has 0 saturated heterocycles. The van der Waals surface area contributed by atoms with Crippen LogP contribution in [0.4, 0.5) is 0 Å². The molecule has 1 aromatic heterocycles. The maximum atomic E-state index is 12.2. The van der Waals surface area contributed by atoms with E-state index in [2.05, 4.69) is 20.9 Å². The minimum Gasteiger partial charge on any atom is -0.342 e. The number of rotatable bonds is 4. The summed E-state index contributed by atoms with van der Waals surface area (Å²) in [4.78, 5) is 18.4. The molecule has 19 heavy (non-hydrogen) atoms. The Morgan fingerprint density at radius 1 is 1.42 bits per heavy atom. The predicted molar refractivity (Wildman–Crippen MR) is 82.3 cm³/mol. The Morgan fingerprint density at radius 3 is 2.79 bits per heavy atom. The number of halogens is 1. The van der Waals surface area contributed by atoms with Crippen LogP contribution in [0.25, 0.3) is 0 Å². The molecule has 1 aliphatic rings. The summed E-state index contributed by atoms with van der Waals surface area (Å²) in [5, 5.41) is 0.897. The van der Waals surface area contributed by atoms with Gasteiger partial charge in [0.2, 0.25) is 5.91 Å². The van der Waals surface area contributed by atoms with E-state index < -0.39 is 0 Å². The van der Waals surface area contributed by atoms with Crippen molar-refractivity contribution >= 4 is 33.6 Å². The van der Waals surface area contributed by atoms with Crippen molar-refractivity contribution in [2.24, 2.45) is 0 Å². The molecule has 1 fully saturated rings. The van der Waals surface area contributed by atoms with Crippen LogP contribution < -0.4 is 0 Å². The minimum atomic E-state index is 0.210. The van der Waals surface area contributed by atoms with E-state index in [4.69, 9.17) is 0 Å². The number of hydrogen-bond acceptors (Lipinski definition) is 3. The molecule has 0 aliphatic heterocycles. The maximum absolute atomic E-state index is 12.2. The van der Waals surface area contributed by atoms with Gasteiger partial charge in [-0.3, -0.25) is 4.79 Å². The highest BCUT2D eigenvalue weighted by molar-refractivity contribution is 9.10. The van der Waals surface area contributed by atoms with E-state index in [1.54, 1.807) is 6.20 Å². The second-order valence-electron chi connectivity index (χ2n) is 4.90. The van der Waals surface area contributed by atoms with Gasteiger partial charge < -0.3 is 4.90 Å². The van der Waals surface area contributed by atoms with E-state index >= 15 is 0 Å². The molecular formula is C14H19BrN2OS. The SMILES string of the molecule is CN(C(=O)CSc1ccc(Br)cn1)C1CCCCC1. The molecule has 1 amide bonds. The van der Waals surface area contributed by atoms with Crippen molar-refractivity contribution in [1.82, 2.24) is 9.88 Å². The van der Waals surface area contributed by atoms with Crippen molar-refractivity contribution in [3.8, 4) is 0 Å².